The molecule has 3 aromatic heterocycles. The van der Waals surface area contributed by atoms with Crippen LogP contribution in [0, 0.1) is 0 Å². The fourth-order valence-electron chi connectivity index (χ4n) is 4.76. The number of H-pyrrole nitrogens is 2. The second-order valence-corrected chi connectivity index (χ2v) is 8.82. The first-order valence-corrected chi connectivity index (χ1v) is 12.0. The molecule has 1 aromatic carbocycles. The van der Waals surface area contributed by atoms with Crippen molar-refractivity contribution in [2.45, 2.75) is 0 Å². The van der Waals surface area contributed by atoms with Crippen molar-refractivity contribution >= 4 is 45.9 Å². The zero-order valence-corrected chi connectivity index (χ0v) is 21.5. The minimum Gasteiger partial charge on any atom is -0.493 e. The summed E-state index contributed by atoms with van der Waals surface area (Å²) in [5.74, 6) is 1.96. The molecule has 5 heterocycles. The number of benzene rings is 1. The van der Waals surface area contributed by atoms with E-state index in [1.54, 1.807) is 28.4 Å². The normalized spacial score (nSPS) is 12.3. The van der Waals surface area contributed by atoms with Crippen LogP contribution >= 0.6 is 0 Å². The third kappa shape index (κ3) is 4.16. The Bertz CT molecular complexity index is 1780. The average molecular weight is 507 g/mol. The van der Waals surface area contributed by atoms with Gasteiger partial charge in [0.15, 0.2) is 11.5 Å². The number of fused-ring (bicyclic) bond motifs is 8. The van der Waals surface area contributed by atoms with Crippen molar-refractivity contribution in [3.8, 4) is 23.0 Å². The van der Waals surface area contributed by atoms with E-state index in [-0.39, 0.29) is 0 Å². The zero-order chi connectivity index (χ0) is 26.2. The van der Waals surface area contributed by atoms with Gasteiger partial charge in [0, 0.05) is 33.2 Å². The highest BCUT2D eigenvalue weighted by Crippen LogP contribution is 2.50. The first-order valence-electron chi connectivity index (χ1n) is 12.0. The molecule has 0 unspecified atom stereocenters. The Labute approximate surface area is 219 Å². The van der Waals surface area contributed by atoms with Gasteiger partial charge in [0.05, 0.1) is 51.2 Å². The van der Waals surface area contributed by atoms with Gasteiger partial charge >= 0.3 is 0 Å². The van der Waals surface area contributed by atoms with Gasteiger partial charge in [-0.25, -0.2) is 9.97 Å². The van der Waals surface area contributed by atoms with E-state index in [9.17, 15) is 0 Å². The summed E-state index contributed by atoms with van der Waals surface area (Å²) in [6.07, 6.45) is 6.04. The number of methoxy groups -OCH3 is 4. The van der Waals surface area contributed by atoms with Crippen LogP contribution in [0.5, 0.6) is 23.0 Å². The monoisotopic (exact) mass is 506 g/mol. The summed E-state index contributed by atoms with van der Waals surface area (Å²) in [6.45, 7) is 0. The number of ether oxygens (including phenoxy) is 4. The van der Waals surface area contributed by atoms with Crippen molar-refractivity contribution in [3.63, 3.8) is 0 Å². The third-order valence-corrected chi connectivity index (χ3v) is 6.44. The van der Waals surface area contributed by atoms with Gasteiger partial charge in [-0.05, 0) is 72.8 Å². The summed E-state index contributed by atoms with van der Waals surface area (Å²) in [4.78, 5) is 16.6. The van der Waals surface area contributed by atoms with Gasteiger partial charge in [-0.1, -0.05) is 0 Å². The molecular weight excluding hydrogens is 480 g/mol. The molecule has 8 heteroatoms. The molecule has 8 bridgehead atoms. The number of hydrogen-bond acceptors (Lipinski definition) is 6. The van der Waals surface area contributed by atoms with E-state index in [1.165, 1.54) is 0 Å². The van der Waals surface area contributed by atoms with Crippen LogP contribution < -0.4 is 18.9 Å². The molecule has 2 N–H and O–H groups in total. The van der Waals surface area contributed by atoms with Crippen LogP contribution in [0.15, 0.2) is 54.6 Å². The summed E-state index contributed by atoms with van der Waals surface area (Å²) in [6, 6.07) is 18.0. The first-order chi connectivity index (χ1) is 18.6. The van der Waals surface area contributed by atoms with Crippen molar-refractivity contribution in [2.75, 3.05) is 28.4 Å². The molecule has 38 heavy (non-hydrogen) atoms. The topological polar surface area (TPSA) is 94.3 Å². The van der Waals surface area contributed by atoms with Crippen molar-refractivity contribution in [1.82, 2.24) is 19.9 Å². The highest BCUT2D eigenvalue weighted by molar-refractivity contribution is 5.97. The number of rotatable bonds is 5. The summed E-state index contributed by atoms with van der Waals surface area (Å²) in [7, 11) is 6.35. The van der Waals surface area contributed by atoms with Crippen LogP contribution in [-0.4, -0.2) is 48.4 Å². The Morgan fingerprint density at radius 1 is 0.553 bits per heavy atom. The van der Waals surface area contributed by atoms with Crippen LogP contribution in [0.3, 0.4) is 0 Å². The maximum atomic E-state index is 5.83. The second-order valence-electron chi connectivity index (χ2n) is 8.82. The number of nitrogens with one attached hydrogen (secondary N) is 2. The van der Waals surface area contributed by atoms with Gasteiger partial charge in [-0.2, -0.15) is 0 Å². The SMILES string of the molecule is COc1cc(C2=Cc3cc4ccc(cc5nc(cc6ccc(cc2n3)[nH]6)C=C5)[nH]4)c(OC)c(OC)c1OC. The quantitative estimate of drug-likeness (QED) is 0.293. The van der Waals surface area contributed by atoms with E-state index < -0.39 is 0 Å². The fourth-order valence-corrected chi connectivity index (χ4v) is 4.76. The van der Waals surface area contributed by atoms with Crippen LogP contribution in [0.1, 0.15) is 28.3 Å². The first kappa shape index (κ1) is 23.4. The lowest BCUT2D eigenvalue weighted by Gasteiger charge is -2.19. The predicted octanol–water partition coefficient (Wildman–Crippen LogP) is 6.11. The van der Waals surface area contributed by atoms with E-state index in [0.29, 0.717) is 23.0 Å². The Kier molecular flexibility index (Phi) is 5.84. The number of hydrogen-bond donors (Lipinski definition) is 2. The van der Waals surface area contributed by atoms with E-state index in [0.717, 1.165) is 56.0 Å². The fraction of sp³-hybridized carbons (Fsp3) is 0.133. The van der Waals surface area contributed by atoms with Gasteiger partial charge in [-0.3, -0.25) is 0 Å². The lowest BCUT2D eigenvalue weighted by Crippen LogP contribution is -2.01. The number of aromatic nitrogens is 4. The molecule has 0 radical (unpaired) electrons. The molecular formula is C30H26N4O4. The average Bonchev–Trinajstić information content (AvgIpc) is 3.72. The summed E-state index contributed by atoms with van der Waals surface area (Å²) >= 11 is 0. The Balaban J connectivity index is 1.64. The lowest BCUT2D eigenvalue weighted by atomic mass is 10.00. The van der Waals surface area contributed by atoms with Crippen molar-refractivity contribution in [2.24, 2.45) is 0 Å². The Hall–Kier alpha value is -4.98. The van der Waals surface area contributed by atoms with Gasteiger partial charge < -0.3 is 28.9 Å². The molecule has 0 atom stereocenters. The Morgan fingerprint density at radius 2 is 1.11 bits per heavy atom. The van der Waals surface area contributed by atoms with E-state index in [1.807, 2.05) is 72.8 Å². The molecule has 190 valence electrons. The summed E-state index contributed by atoms with van der Waals surface area (Å²) < 4.78 is 22.7. The van der Waals surface area contributed by atoms with Gasteiger partial charge in [0.2, 0.25) is 11.5 Å². The zero-order valence-electron chi connectivity index (χ0n) is 21.5. The molecule has 0 saturated heterocycles. The summed E-state index contributed by atoms with van der Waals surface area (Å²) in [5, 5.41) is 0. The van der Waals surface area contributed by atoms with Crippen molar-refractivity contribution < 1.29 is 18.9 Å². The molecule has 6 rings (SSSR count). The lowest BCUT2D eigenvalue weighted by molar-refractivity contribution is 0.305. The molecule has 0 aliphatic carbocycles. The highest BCUT2D eigenvalue weighted by Gasteiger charge is 2.26. The largest absolute Gasteiger partial charge is 0.493 e. The molecule has 0 fully saturated rings. The molecule has 2 aliphatic heterocycles. The minimum absolute atomic E-state index is 0.447. The van der Waals surface area contributed by atoms with E-state index in [4.69, 9.17) is 28.9 Å². The standard InChI is InChI=1S/C30H26N4O4/c1-35-27-16-25(28(36-2)30(38-4)29(27)37-3)24-14-23-13-21-8-7-19(32-21)11-17-5-6-18(31-17)12-20-9-10-22(33-20)15-26(24)34-23/h5-16,32-33H,1-4H3. The van der Waals surface area contributed by atoms with E-state index >= 15 is 0 Å². The molecule has 0 spiro atoms. The van der Waals surface area contributed by atoms with Gasteiger partial charge in [0.25, 0.3) is 0 Å². The van der Waals surface area contributed by atoms with Gasteiger partial charge in [-0.15, -0.1) is 0 Å². The van der Waals surface area contributed by atoms with E-state index in [2.05, 4.69) is 9.97 Å². The van der Waals surface area contributed by atoms with Crippen LogP contribution in [0.4, 0.5) is 0 Å². The van der Waals surface area contributed by atoms with Crippen LogP contribution in [0.2, 0.25) is 0 Å². The van der Waals surface area contributed by atoms with Crippen LogP contribution in [-0.2, 0) is 0 Å². The van der Waals surface area contributed by atoms with Crippen molar-refractivity contribution in [1.29, 1.82) is 0 Å². The Morgan fingerprint density at radius 3 is 1.66 bits per heavy atom. The molecule has 8 nitrogen and oxygen atoms in total. The molecule has 4 aromatic rings. The van der Waals surface area contributed by atoms with Crippen LogP contribution in [0.25, 0.3) is 45.9 Å². The maximum Gasteiger partial charge on any atom is 0.207 e. The summed E-state index contributed by atoms with van der Waals surface area (Å²) in [5.41, 5.74) is 8.68. The van der Waals surface area contributed by atoms with Crippen molar-refractivity contribution in [3.05, 3.63) is 82.9 Å². The number of aromatic amines is 2. The smallest absolute Gasteiger partial charge is 0.207 e. The second kappa shape index (κ2) is 9.48. The van der Waals surface area contributed by atoms with Gasteiger partial charge in [0.1, 0.15) is 0 Å². The molecule has 0 saturated carbocycles. The number of nitrogens with zero attached hydrogens (tertiary/aromatic N) is 2. The predicted molar refractivity (Wildman–Crippen MR) is 150 cm³/mol. The molecule has 2 aliphatic rings. The maximum absolute atomic E-state index is 5.83. The minimum atomic E-state index is 0.447. The highest BCUT2D eigenvalue weighted by atomic mass is 16.5. The third-order valence-electron chi connectivity index (χ3n) is 6.44. The molecule has 0 amide bonds.